The van der Waals surface area contributed by atoms with Crippen LogP contribution in [0.3, 0.4) is 0 Å². The second kappa shape index (κ2) is 4.54. The van der Waals surface area contributed by atoms with Crippen molar-refractivity contribution in [3.05, 3.63) is 22.8 Å². The lowest BCUT2D eigenvalue weighted by atomic mass is 9.92. The Labute approximate surface area is 107 Å². The number of pyridine rings is 1. The number of nitriles is 1. The Morgan fingerprint density at radius 3 is 2.76 bits per heavy atom. The zero-order valence-electron chi connectivity index (χ0n) is 10.1. The minimum Gasteiger partial charge on any atom is -0.369 e. The topological polar surface area (TPSA) is 48.7 Å². The van der Waals surface area contributed by atoms with E-state index in [4.69, 9.17) is 16.9 Å². The van der Waals surface area contributed by atoms with Crippen LogP contribution in [0.2, 0.25) is 5.15 Å². The van der Waals surface area contributed by atoms with Gasteiger partial charge in [0.25, 0.3) is 0 Å². The lowest BCUT2D eigenvalue weighted by molar-refractivity contribution is 0.380. The van der Waals surface area contributed by atoms with E-state index in [1.165, 1.54) is 12.8 Å². The van der Waals surface area contributed by atoms with Gasteiger partial charge in [-0.2, -0.15) is 5.26 Å². The lowest BCUT2D eigenvalue weighted by Gasteiger charge is -2.20. The van der Waals surface area contributed by atoms with Gasteiger partial charge in [0.2, 0.25) is 0 Å². The first-order chi connectivity index (χ1) is 8.05. The normalized spacial score (nSPS) is 16.6. The van der Waals surface area contributed by atoms with Gasteiger partial charge in [0.05, 0.1) is 11.6 Å². The molecule has 1 N–H and O–H groups in total. The Morgan fingerprint density at radius 2 is 2.24 bits per heavy atom. The molecule has 0 atom stereocenters. The van der Waals surface area contributed by atoms with Crippen molar-refractivity contribution in [2.24, 2.45) is 11.3 Å². The molecule has 0 aliphatic heterocycles. The van der Waals surface area contributed by atoms with Crippen molar-refractivity contribution in [2.45, 2.75) is 26.7 Å². The fourth-order valence-electron chi connectivity index (χ4n) is 2.04. The van der Waals surface area contributed by atoms with E-state index in [1.54, 1.807) is 12.1 Å². The predicted octanol–water partition coefficient (Wildman–Crippen LogP) is 3.45. The van der Waals surface area contributed by atoms with Crippen molar-refractivity contribution in [3.63, 3.8) is 0 Å². The standard InChI is InChI=1S/C13H16ClN3/c1-9(2)13(3-4-13)8-16-12-6-10(7-15)5-11(14)17-12/h5-6,9H,3-4,8H2,1-2H3,(H,16,17). The molecule has 0 bridgehead atoms. The number of hydrogen-bond acceptors (Lipinski definition) is 3. The largest absolute Gasteiger partial charge is 0.369 e. The number of rotatable bonds is 4. The van der Waals surface area contributed by atoms with Crippen LogP contribution in [0, 0.1) is 22.7 Å². The molecule has 4 heteroatoms. The summed E-state index contributed by atoms with van der Waals surface area (Å²) in [6, 6.07) is 5.39. The Bertz CT molecular complexity index is 458. The summed E-state index contributed by atoms with van der Waals surface area (Å²) in [4.78, 5) is 4.18. The van der Waals surface area contributed by atoms with Gasteiger partial charge in [0, 0.05) is 6.54 Å². The Hall–Kier alpha value is -1.27. The van der Waals surface area contributed by atoms with Gasteiger partial charge in [-0.15, -0.1) is 0 Å². The molecule has 0 amide bonds. The van der Waals surface area contributed by atoms with E-state index in [-0.39, 0.29) is 0 Å². The predicted molar refractivity (Wildman–Crippen MR) is 69.0 cm³/mol. The molecule has 1 aromatic rings. The van der Waals surface area contributed by atoms with E-state index in [9.17, 15) is 0 Å². The molecule has 17 heavy (non-hydrogen) atoms. The Balaban J connectivity index is 2.05. The number of hydrogen-bond donors (Lipinski definition) is 1. The zero-order chi connectivity index (χ0) is 12.5. The molecule has 0 spiro atoms. The Kier molecular flexibility index (Phi) is 3.26. The van der Waals surface area contributed by atoms with Crippen LogP contribution in [0.4, 0.5) is 5.82 Å². The first-order valence-corrected chi connectivity index (χ1v) is 6.25. The highest BCUT2D eigenvalue weighted by atomic mass is 35.5. The molecule has 1 aromatic heterocycles. The fraction of sp³-hybridized carbons (Fsp3) is 0.538. The van der Waals surface area contributed by atoms with Crippen molar-refractivity contribution in [2.75, 3.05) is 11.9 Å². The van der Waals surface area contributed by atoms with Crippen LogP contribution in [0.1, 0.15) is 32.3 Å². The van der Waals surface area contributed by atoms with Gasteiger partial charge in [-0.3, -0.25) is 0 Å². The summed E-state index contributed by atoms with van der Waals surface area (Å²) in [5.41, 5.74) is 0.957. The highest BCUT2D eigenvalue weighted by Gasteiger charge is 2.44. The molecule has 0 radical (unpaired) electrons. The van der Waals surface area contributed by atoms with Gasteiger partial charge < -0.3 is 5.32 Å². The third kappa shape index (κ3) is 2.70. The number of nitrogens with zero attached hydrogens (tertiary/aromatic N) is 2. The van der Waals surface area contributed by atoms with E-state index in [0.717, 1.165) is 6.54 Å². The summed E-state index contributed by atoms with van der Waals surface area (Å²) in [5, 5.41) is 12.5. The molecular weight excluding hydrogens is 234 g/mol. The molecule has 1 saturated carbocycles. The third-order valence-electron chi connectivity index (χ3n) is 3.66. The number of anilines is 1. The van der Waals surface area contributed by atoms with Crippen LogP contribution in [0.25, 0.3) is 0 Å². The molecule has 1 fully saturated rings. The smallest absolute Gasteiger partial charge is 0.132 e. The van der Waals surface area contributed by atoms with E-state index >= 15 is 0 Å². The molecule has 1 aliphatic rings. The monoisotopic (exact) mass is 249 g/mol. The van der Waals surface area contributed by atoms with Gasteiger partial charge in [-0.05, 0) is 36.3 Å². The minimum atomic E-state index is 0.362. The first-order valence-electron chi connectivity index (χ1n) is 5.87. The Morgan fingerprint density at radius 1 is 1.53 bits per heavy atom. The van der Waals surface area contributed by atoms with Gasteiger partial charge in [0.15, 0.2) is 0 Å². The van der Waals surface area contributed by atoms with Gasteiger partial charge in [-0.25, -0.2) is 4.98 Å². The summed E-state index contributed by atoms with van der Waals surface area (Å²) >= 11 is 5.85. The minimum absolute atomic E-state index is 0.362. The van der Waals surface area contributed by atoms with Gasteiger partial charge >= 0.3 is 0 Å². The van der Waals surface area contributed by atoms with Crippen molar-refractivity contribution < 1.29 is 0 Å². The first kappa shape index (κ1) is 12.2. The number of aromatic nitrogens is 1. The average Bonchev–Trinajstić information content (AvgIpc) is 3.06. The molecule has 90 valence electrons. The molecule has 3 nitrogen and oxygen atoms in total. The quantitative estimate of drug-likeness (QED) is 0.832. The molecule has 2 rings (SSSR count). The second-order valence-corrected chi connectivity index (χ2v) is 5.43. The van der Waals surface area contributed by atoms with Gasteiger partial charge in [0.1, 0.15) is 11.0 Å². The van der Waals surface area contributed by atoms with Crippen LogP contribution in [0.15, 0.2) is 12.1 Å². The maximum atomic E-state index is 8.85. The highest BCUT2D eigenvalue weighted by molar-refractivity contribution is 6.29. The van der Waals surface area contributed by atoms with Crippen LogP contribution in [0.5, 0.6) is 0 Å². The second-order valence-electron chi connectivity index (χ2n) is 5.05. The summed E-state index contributed by atoms with van der Waals surface area (Å²) in [7, 11) is 0. The third-order valence-corrected chi connectivity index (χ3v) is 3.86. The molecule has 0 saturated heterocycles. The number of nitrogens with one attached hydrogen (secondary N) is 1. The van der Waals surface area contributed by atoms with Crippen LogP contribution in [-0.2, 0) is 0 Å². The molecule has 0 aromatic carbocycles. The molecule has 1 heterocycles. The van der Waals surface area contributed by atoms with Crippen LogP contribution in [-0.4, -0.2) is 11.5 Å². The van der Waals surface area contributed by atoms with E-state index < -0.39 is 0 Å². The zero-order valence-corrected chi connectivity index (χ0v) is 10.9. The van der Waals surface area contributed by atoms with Crippen molar-refractivity contribution in [1.82, 2.24) is 4.98 Å². The lowest BCUT2D eigenvalue weighted by Crippen LogP contribution is -2.21. The summed E-state index contributed by atoms with van der Waals surface area (Å²) in [6.07, 6.45) is 2.53. The maximum Gasteiger partial charge on any atom is 0.132 e. The number of halogens is 1. The van der Waals surface area contributed by atoms with E-state index in [0.29, 0.717) is 27.9 Å². The SMILES string of the molecule is CC(C)C1(CNc2cc(C#N)cc(Cl)n2)CC1. The van der Waals surface area contributed by atoms with Crippen molar-refractivity contribution >= 4 is 17.4 Å². The summed E-state index contributed by atoms with van der Waals surface area (Å²) in [6.45, 7) is 5.41. The van der Waals surface area contributed by atoms with E-state index in [2.05, 4.69) is 30.2 Å². The van der Waals surface area contributed by atoms with Crippen molar-refractivity contribution in [3.8, 4) is 6.07 Å². The van der Waals surface area contributed by atoms with Crippen LogP contribution < -0.4 is 5.32 Å². The van der Waals surface area contributed by atoms with Crippen molar-refractivity contribution in [1.29, 1.82) is 5.26 Å². The fourth-order valence-corrected chi connectivity index (χ4v) is 2.25. The van der Waals surface area contributed by atoms with E-state index in [1.807, 2.05) is 0 Å². The highest BCUT2D eigenvalue weighted by Crippen LogP contribution is 2.51. The average molecular weight is 250 g/mol. The molecular formula is C13H16ClN3. The summed E-state index contributed by atoms with van der Waals surface area (Å²) in [5.74, 6) is 1.37. The maximum absolute atomic E-state index is 8.85. The van der Waals surface area contributed by atoms with Crippen LogP contribution >= 0.6 is 11.6 Å². The molecule has 0 unspecified atom stereocenters. The van der Waals surface area contributed by atoms with Gasteiger partial charge in [-0.1, -0.05) is 25.4 Å². The molecule has 1 aliphatic carbocycles. The summed E-state index contributed by atoms with van der Waals surface area (Å²) < 4.78 is 0.